The van der Waals surface area contributed by atoms with Crippen LogP contribution in [0.5, 0.6) is 0 Å². The molecule has 0 fully saturated rings. The first-order chi connectivity index (χ1) is 5.91. The Morgan fingerprint density at radius 2 is 2.15 bits per heavy atom. The van der Waals surface area contributed by atoms with Crippen molar-refractivity contribution in [2.45, 2.75) is 33.0 Å². The Morgan fingerprint density at radius 3 is 2.62 bits per heavy atom. The van der Waals surface area contributed by atoms with Crippen molar-refractivity contribution in [3.8, 4) is 0 Å². The van der Waals surface area contributed by atoms with E-state index in [1.54, 1.807) is 13.8 Å². The van der Waals surface area contributed by atoms with Crippen molar-refractivity contribution in [3.63, 3.8) is 0 Å². The van der Waals surface area contributed by atoms with Crippen molar-refractivity contribution in [1.29, 1.82) is 0 Å². The maximum Gasteiger partial charge on any atom is 0.337 e. The maximum atomic E-state index is 11.0. The molecule has 0 N–H and O–H groups in total. The molecule has 0 aromatic heterocycles. The third-order valence-corrected chi connectivity index (χ3v) is 1.58. The number of ketones is 1. The second-order valence-electron chi connectivity index (χ2n) is 3.29. The van der Waals surface area contributed by atoms with Crippen LogP contribution in [0.1, 0.15) is 27.2 Å². The lowest BCUT2D eigenvalue weighted by Crippen LogP contribution is -2.38. The summed E-state index contributed by atoms with van der Waals surface area (Å²) in [5.41, 5.74) is 0. The van der Waals surface area contributed by atoms with Crippen LogP contribution >= 0.6 is 0 Å². The van der Waals surface area contributed by atoms with Crippen LogP contribution in [0.25, 0.3) is 0 Å². The summed E-state index contributed by atoms with van der Waals surface area (Å²) in [6.45, 7) is 4.65. The molecule has 0 saturated heterocycles. The average Bonchev–Trinajstić information content (AvgIpc) is 1.77. The van der Waals surface area contributed by atoms with Crippen LogP contribution in [-0.4, -0.2) is 17.5 Å². The van der Waals surface area contributed by atoms with Gasteiger partial charge in [-0.15, -0.1) is 0 Å². The van der Waals surface area contributed by atoms with Crippen LogP contribution in [0.3, 0.4) is 0 Å². The molecule has 72 valence electrons. The topological polar surface area (TPSA) is 52.6 Å². The lowest BCUT2D eigenvalue weighted by atomic mass is 10.1. The van der Waals surface area contributed by atoms with E-state index in [0.717, 1.165) is 0 Å². The second-order valence-corrected chi connectivity index (χ2v) is 3.29. The molecule has 0 amide bonds. The first-order valence-electron chi connectivity index (χ1n) is 4.01. The zero-order valence-corrected chi connectivity index (χ0v) is 7.92. The Balaban J connectivity index is 2.77. The summed E-state index contributed by atoms with van der Waals surface area (Å²) < 4.78 is 10.1. The van der Waals surface area contributed by atoms with Gasteiger partial charge in [-0.3, -0.25) is 4.79 Å². The summed E-state index contributed by atoms with van der Waals surface area (Å²) in [7, 11) is 0. The highest BCUT2D eigenvalue weighted by Gasteiger charge is 2.35. The van der Waals surface area contributed by atoms with E-state index >= 15 is 0 Å². The number of carbonyl (C=O) groups is 2. The van der Waals surface area contributed by atoms with Crippen molar-refractivity contribution >= 4 is 11.8 Å². The summed E-state index contributed by atoms with van der Waals surface area (Å²) in [6, 6.07) is 0. The molecule has 0 bridgehead atoms. The van der Waals surface area contributed by atoms with Crippen LogP contribution in [0, 0.1) is 0 Å². The fourth-order valence-electron chi connectivity index (χ4n) is 1.32. The van der Waals surface area contributed by atoms with E-state index in [-0.39, 0.29) is 12.2 Å². The third kappa shape index (κ3) is 2.57. The maximum absolute atomic E-state index is 11.0. The van der Waals surface area contributed by atoms with Gasteiger partial charge in [-0.25, -0.2) is 4.79 Å². The minimum Gasteiger partial charge on any atom is -0.456 e. The highest BCUT2D eigenvalue weighted by Crippen LogP contribution is 2.25. The molecule has 1 atom stereocenters. The number of hydrogen-bond acceptors (Lipinski definition) is 4. The minimum atomic E-state index is -1.12. The predicted octanol–water partition coefficient (Wildman–Crippen LogP) is 1.16. The van der Waals surface area contributed by atoms with Crippen molar-refractivity contribution < 1.29 is 19.1 Å². The molecule has 0 aromatic rings. The minimum absolute atomic E-state index is 0.0733. The largest absolute Gasteiger partial charge is 0.456 e. The van der Waals surface area contributed by atoms with Gasteiger partial charge in [0, 0.05) is 6.92 Å². The van der Waals surface area contributed by atoms with Crippen molar-refractivity contribution in [2.75, 3.05) is 0 Å². The lowest BCUT2D eigenvalue weighted by Gasteiger charge is -2.32. The molecule has 1 rings (SSSR count). The summed E-state index contributed by atoms with van der Waals surface area (Å²) in [6.07, 6.45) is 1.33. The molecule has 1 heterocycles. The van der Waals surface area contributed by atoms with Crippen molar-refractivity contribution in [2.24, 2.45) is 0 Å². The Labute approximate surface area is 76.5 Å². The monoisotopic (exact) mass is 184 g/mol. The molecule has 4 heteroatoms. The summed E-state index contributed by atoms with van der Waals surface area (Å²) in [5, 5.41) is 0. The van der Waals surface area contributed by atoms with Gasteiger partial charge in [0.05, 0.1) is 12.5 Å². The van der Waals surface area contributed by atoms with E-state index in [4.69, 9.17) is 9.47 Å². The molecule has 0 radical (unpaired) electrons. The molecular weight excluding hydrogens is 172 g/mol. The molecule has 4 nitrogen and oxygen atoms in total. The highest BCUT2D eigenvalue weighted by atomic mass is 16.7. The number of carbonyl (C=O) groups excluding carboxylic acids is 2. The molecule has 0 aromatic carbocycles. The zero-order chi connectivity index (χ0) is 10.1. The fraction of sp³-hybridized carbons (Fsp3) is 0.556. The molecule has 1 aliphatic heterocycles. The first-order valence-corrected chi connectivity index (χ1v) is 4.01. The van der Waals surface area contributed by atoms with E-state index in [0.29, 0.717) is 5.76 Å². The van der Waals surface area contributed by atoms with Crippen LogP contribution in [-0.2, 0) is 19.1 Å². The van der Waals surface area contributed by atoms with Gasteiger partial charge < -0.3 is 9.47 Å². The van der Waals surface area contributed by atoms with E-state index < -0.39 is 11.8 Å². The van der Waals surface area contributed by atoms with Gasteiger partial charge in [-0.05, 0) is 13.8 Å². The summed E-state index contributed by atoms with van der Waals surface area (Å²) >= 11 is 0. The first kappa shape index (κ1) is 9.77. The van der Waals surface area contributed by atoms with Gasteiger partial charge >= 0.3 is 5.97 Å². The number of ether oxygens (including phenoxy) is 2. The van der Waals surface area contributed by atoms with Crippen molar-refractivity contribution in [3.05, 3.63) is 11.8 Å². The van der Waals surface area contributed by atoms with Gasteiger partial charge in [0.15, 0.2) is 0 Å². The van der Waals surface area contributed by atoms with Gasteiger partial charge in [0.2, 0.25) is 0 Å². The van der Waals surface area contributed by atoms with Crippen LogP contribution < -0.4 is 0 Å². The molecule has 0 aliphatic carbocycles. The number of allylic oxidation sites excluding steroid dienone is 1. The normalized spacial score (nSPS) is 27.3. The Kier molecular flexibility index (Phi) is 2.40. The van der Waals surface area contributed by atoms with E-state index in [1.807, 2.05) is 0 Å². The number of esters is 1. The Bertz CT molecular complexity index is 279. The molecule has 1 aliphatic rings. The number of rotatable bonds is 2. The fourth-order valence-corrected chi connectivity index (χ4v) is 1.32. The number of cyclic esters (lactones) is 1. The Morgan fingerprint density at radius 1 is 1.54 bits per heavy atom. The highest BCUT2D eigenvalue weighted by molar-refractivity contribution is 5.84. The average molecular weight is 184 g/mol. The lowest BCUT2D eigenvalue weighted by molar-refractivity contribution is -0.213. The zero-order valence-electron chi connectivity index (χ0n) is 7.92. The van der Waals surface area contributed by atoms with Crippen LogP contribution in [0.2, 0.25) is 0 Å². The third-order valence-electron chi connectivity index (χ3n) is 1.58. The molecule has 1 unspecified atom stereocenters. The van der Waals surface area contributed by atoms with Crippen LogP contribution in [0.15, 0.2) is 11.8 Å². The Hall–Kier alpha value is -1.32. The molecular formula is C9H12O4. The SMILES string of the molecule is CC(=O)CC1(C)OC(=O)C=C(C)O1. The van der Waals surface area contributed by atoms with E-state index in [9.17, 15) is 9.59 Å². The summed E-state index contributed by atoms with van der Waals surface area (Å²) in [5.74, 6) is -1.20. The quantitative estimate of drug-likeness (QED) is 0.604. The van der Waals surface area contributed by atoms with Crippen molar-refractivity contribution in [1.82, 2.24) is 0 Å². The number of Topliss-reactive ketones (excluding diaryl/α,β-unsaturated/α-hetero) is 1. The molecule has 0 saturated carbocycles. The number of hydrogen-bond donors (Lipinski definition) is 0. The smallest absolute Gasteiger partial charge is 0.337 e. The van der Waals surface area contributed by atoms with Gasteiger partial charge in [0.1, 0.15) is 11.5 Å². The second kappa shape index (κ2) is 3.20. The molecule has 0 spiro atoms. The standard InChI is InChI=1S/C9H12O4/c1-6(10)5-9(3)12-7(2)4-8(11)13-9/h4H,5H2,1-3H3. The predicted molar refractivity (Wildman–Crippen MR) is 44.6 cm³/mol. The summed E-state index contributed by atoms with van der Waals surface area (Å²) in [4.78, 5) is 21.8. The van der Waals surface area contributed by atoms with Gasteiger partial charge in [-0.2, -0.15) is 0 Å². The van der Waals surface area contributed by atoms with E-state index in [2.05, 4.69) is 0 Å². The van der Waals surface area contributed by atoms with Crippen LogP contribution in [0.4, 0.5) is 0 Å². The molecule has 13 heavy (non-hydrogen) atoms. The van der Waals surface area contributed by atoms with Gasteiger partial charge in [0.25, 0.3) is 5.79 Å². The van der Waals surface area contributed by atoms with E-state index in [1.165, 1.54) is 13.0 Å². The van der Waals surface area contributed by atoms with Gasteiger partial charge in [-0.1, -0.05) is 0 Å².